The number of aliphatic carboxylic acids is 1. The second kappa shape index (κ2) is 22.2. The predicted octanol–water partition coefficient (Wildman–Crippen LogP) is 5.39. The van der Waals surface area contributed by atoms with E-state index in [4.69, 9.17) is 14.5 Å². The molecule has 0 aliphatic rings. The van der Waals surface area contributed by atoms with Crippen LogP contribution in [0.1, 0.15) is 102 Å². The number of rotatable bonds is 22. The topological polar surface area (TPSA) is 225 Å². The average molecular weight is 838 g/mol. The van der Waals surface area contributed by atoms with Gasteiger partial charge in [0.15, 0.2) is 6.10 Å². The van der Waals surface area contributed by atoms with Crippen LogP contribution in [0.4, 0.5) is 0 Å². The van der Waals surface area contributed by atoms with Crippen LogP contribution in [0.15, 0.2) is 34.6 Å². The first kappa shape index (κ1) is 49.1. The molecule has 0 saturated heterocycles. The highest BCUT2D eigenvalue weighted by molar-refractivity contribution is 7.46. The Labute approximate surface area is 339 Å². The Kier molecular flexibility index (Phi) is 19.1. The molecule has 57 heavy (non-hydrogen) atoms. The normalized spacial score (nSPS) is 15.8. The number of benzene rings is 1. The van der Waals surface area contributed by atoms with Crippen LogP contribution in [0.5, 0.6) is 5.75 Å². The summed E-state index contributed by atoms with van der Waals surface area (Å²) in [7, 11) is 0.543. The van der Waals surface area contributed by atoms with E-state index in [9.17, 15) is 33.6 Å². The molecule has 2 aromatic rings. The molecule has 16 nitrogen and oxygen atoms in total. The maximum atomic E-state index is 14.2. The number of hydrogen-bond donors (Lipinski definition) is 4. The highest BCUT2D eigenvalue weighted by atomic mass is 32.1. The molecular formula is C39H60N5O11PS. The van der Waals surface area contributed by atoms with E-state index in [0.29, 0.717) is 17.0 Å². The van der Waals surface area contributed by atoms with Crippen molar-refractivity contribution in [2.24, 2.45) is 34.6 Å². The van der Waals surface area contributed by atoms with Gasteiger partial charge in [-0.2, -0.15) is 0 Å². The van der Waals surface area contributed by atoms with E-state index >= 15 is 0 Å². The van der Waals surface area contributed by atoms with Crippen molar-refractivity contribution in [3.8, 4) is 5.75 Å². The molecule has 7 atom stereocenters. The van der Waals surface area contributed by atoms with Crippen molar-refractivity contribution in [3.63, 3.8) is 0 Å². The summed E-state index contributed by atoms with van der Waals surface area (Å²) < 4.78 is 21.5. The van der Waals surface area contributed by atoms with E-state index < -0.39 is 61.7 Å². The minimum absolute atomic E-state index is 0.0128. The first-order valence-electron chi connectivity index (χ1n) is 19.0. The monoisotopic (exact) mass is 837 g/mol. The van der Waals surface area contributed by atoms with Gasteiger partial charge in [0.1, 0.15) is 16.5 Å². The molecule has 1 aromatic heterocycles. The lowest BCUT2D eigenvalue weighted by Crippen LogP contribution is -2.46. The van der Waals surface area contributed by atoms with Crippen molar-refractivity contribution in [2.45, 2.75) is 105 Å². The number of carbonyl (C=O) groups is 5. The quantitative estimate of drug-likeness (QED) is 0.0664. The van der Waals surface area contributed by atoms with Gasteiger partial charge in [0.25, 0.3) is 11.8 Å². The third-order valence-corrected chi connectivity index (χ3v) is 11.2. The Morgan fingerprint density at radius 1 is 0.982 bits per heavy atom. The molecule has 3 amide bonds. The lowest BCUT2D eigenvalue weighted by Gasteiger charge is -2.36. The van der Waals surface area contributed by atoms with E-state index in [2.05, 4.69) is 19.8 Å². The molecular weight excluding hydrogens is 777 g/mol. The van der Waals surface area contributed by atoms with Gasteiger partial charge in [0.2, 0.25) is 5.91 Å². The zero-order chi connectivity index (χ0) is 43.4. The lowest BCUT2D eigenvalue weighted by atomic mass is 9.89. The summed E-state index contributed by atoms with van der Waals surface area (Å²) in [5.74, 6) is -4.58. The number of thiazole rings is 1. The van der Waals surface area contributed by atoms with E-state index in [1.165, 1.54) is 37.6 Å². The molecule has 0 spiro atoms. The molecule has 0 aliphatic carbocycles. The van der Waals surface area contributed by atoms with Crippen molar-refractivity contribution in [3.05, 3.63) is 45.9 Å². The van der Waals surface area contributed by atoms with Crippen molar-refractivity contribution in [2.75, 3.05) is 21.1 Å². The summed E-state index contributed by atoms with van der Waals surface area (Å²) in [6, 6.07) is 4.26. The van der Waals surface area contributed by atoms with Gasteiger partial charge >= 0.3 is 19.8 Å². The van der Waals surface area contributed by atoms with Crippen LogP contribution in [0.2, 0.25) is 0 Å². The molecule has 318 valence electrons. The number of nitrogens with zero attached hydrogens (tertiary/aromatic N) is 4. The number of carboxylic acid groups (broad SMARTS) is 1. The number of likely N-dealkylation sites (N-methyl/N-ethyl adjacent to an activating group) is 1. The predicted molar refractivity (Wildman–Crippen MR) is 217 cm³/mol. The van der Waals surface area contributed by atoms with Gasteiger partial charge in [-0.1, -0.05) is 67.0 Å². The maximum Gasteiger partial charge on any atom is 0.524 e. The fourth-order valence-electron chi connectivity index (χ4n) is 6.56. The van der Waals surface area contributed by atoms with Crippen LogP contribution in [0.25, 0.3) is 0 Å². The van der Waals surface area contributed by atoms with Crippen LogP contribution in [-0.2, 0) is 34.9 Å². The lowest BCUT2D eigenvalue weighted by molar-refractivity contribution is -0.148. The van der Waals surface area contributed by atoms with Gasteiger partial charge in [-0.3, -0.25) is 38.7 Å². The van der Waals surface area contributed by atoms with Gasteiger partial charge in [-0.05, 0) is 62.4 Å². The molecule has 1 heterocycles. The third-order valence-electron chi connectivity index (χ3n) is 9.78. The van der Waals surface area contributed by atoms with E-state index in [1.807, 2.05) is 60.5 Å². The molecule has 2 rings (SSSR count). The minimum Gasteiger partial charge on any atom is -0.481 e. The summed E-state index contributed by atoms with van der Waals surface area (Å²) in [4.78, 5) is 95.3. The zero-order valence-corrected chi connectivity index (χ0v) is 36.5. The molecule has 0 radical (unpaired) electrons. The number of ether oxygens (including phenoxy) is 1. The fraction of sp³-hybridized carbons (Fsp3) is 0.615. The van der Waals surface area contributed by atoms with Crippen LogP contribution in [0.3, 0.4) is 0 Å². The smallest absolute Gasteiger partial charge is 0.481 e. The maximum absolute atomic E-state index is 14.2. The third kappa shape index (κ3) is 15.7. The number of hydrogen-bond acceptors (Lipinski definition) is 11. The number of amides is 3. The average Bonchev–Trinajstić information content (AvgIpc) is 3.60. The van der Waals surface area contributed by atoms with Gasteiger partial charge in [0.05, 0.1) is 17.9 Å². The molecule has 0 bridgehead atoms. The number of aromatic nitrogens is 1. The Morgan fingerprint density at radius 3 is 2.09 bits per heavy atom. The molecule has 0 fully saturated rings. The summed E-state index contributed by atoms with van der Waals surface area (Å²) in [6.07, 6.45) is 1.62. The molecule has 3 unspecified atom stereocenters. The van der Waals surface area contributed by atoms with Crippen molar-refractivity contribution >= 4 is 55.0 Å². The van der Waals surface area contributed by atoms with Crippen LogP contribution < -0.4 is 9.84 Å². The van der Waals surface area contributed by atoms with Crippen LogP contribution >= 0.6 is 19.2 Å². The molecule has 1 aromatic carbocycles. The second-order valence-electron chi connectivity index (χ2n) is 15.4. The van der Waals surface area contributed by atoms with E-state index in [1.54, 1.807) is 24.1 Å². The summed E-state index contributed by atoms with van der Waals surface area (Å²) in [6.45, 7) is 14.4. The fourth-order valence-corrected chi connectivity index (χ4v) is 7.80. The number of carboxylic acids is 1. The Morgan fingerprint density at radius 2 is 1.60 bits per heavy atom. The van der Waals surface area contributed by atoms with Gasteiger partial charge in [0, 0.05) is 44.1 Å². The van der Waals surface area contributed by atoms with Crippen molar-refractivity contribution in [1.29, 1.82) is 0 Å². The highest BCUT2D eigenvalue weighted by Gasteiger charge is 2.35. The van der Waals surface area contributed by atoms with Crippen LogP contribution in [-0.4, -0.2) is 105 Å². The van der Waals surface area contributed by atoms with Gasteiger partial charge in [-0.15, -0.1) is 11.3 Å². The number of phosphoric acid groups is 1. The summed E-state index contributed by atoms with van der Waals surface area (Å²) in [5, 5.41) is 14.3. The van der Waals surface area contributed by atoms with Gasteiger partial charge < -0.3 is 24.6 Å². The van der Waals surface area contributed by atoms with Crippen LogP contribution in [0, 0.1) is 29.6 Å². The van der Waals surface area contributed by atoms with Crippen molar-refractivity contribution in [1.82, 2.24) is 20.1 Å². The largest absolute Gasteiger partial charge is 0.524 e. The zero-order valence-electron chi connectivity index (χ0n) is 34.7. The second-order valence-corrected chi connectivity index (χ2v) is 17.5. The summed E-state index contributed by atoms with van der Waals surface area (Å²) >= 11 is 1.10. The molecule has 4 N–H and O–H groups in total. The number of nitrogens with one attached hydrogen (secondary N) is 1. The summed E-state index contributed by atoms with van der Waals surface area (Å²) in [5.41, 5.74) is 0.663. The van der Waals surface area contributed by atoms with E-state index in [0.717, 1.165) is 11.3 Å². The van der Waals surface area contributed by atoms with E-state index in [-0.39, 0.29) is 60.3 Å². The number of phosphoric ester groups is 1. The van der Waals surface area contributed by atoms with Crippen molar-refractivity contribution < 1.29 is 52.7 Å². The number of aliphatic imine (C=N–C) groups is 1. The first-order chi connectivity index (χ1) is 26.4. The number of carbonyl (C=O) groups excluding carboxylic acids is 4. The first-order valence-corrected chi connectivity index (χ1v) is 21.4. The Hall–Kier alpha value is -4.02. The molecule has 0 aliphatic heterocycles. The minimum atomic E-state index is -4.76. The standard InChI is InChI=1S/C39H60N5O11PS/c1-12-24(6)30(20-40-36(47)34(23(4)5)43(9)10)38(48)44(11)32(22(2)3)19-33(54-26(8)45)37-42-31(21-57-37)35(46)41-28(17-25(7)39(49)50)18-27-13-15-29(16-14-27)55-56(51,52)53/h13-16,20-25,28,30,32-34H,12,17-19H2,1-11H3,(H,41,46)(H,49,50)(H2,51,52,53)/t24-,25?,28+,30?,32+,33+,34?/m0/s1. The molecule has 18 heteroatoms. The Balaban J connectivity index is 2.36. The van der Waals surface area contributed by atoms with Gasteiger partial charge in [-0.25, -0.2) is 14.5 Å². The highest BCUT2D eigenvalue weighted by Crippen LogP contribution is 2.37. The Bertz CT molecular complexity index is 1740. The number of esters is 1. The SMILES string of the molecule is CC[C@H](C)C(C=NC(=O)C(C(C)C)N(C)C)C(=O)N(C)[C@H](C[C@@H](OC(C)=O)c1nc(C(=O)N[C@@H](Cc2ccc(OP(=O)(O)O)cc2)CC(C)C(=O)O)cs1)C(C)C. The molecule has 0 saturated carbocycles.